The molecule has 138 valence electrons. The largest absolute Gasteiger partial charge is 0.365 e. The second kappa shape index (κ2) is 7.59. The SMILES string of the molecule is NC(=O)c1c(NC(=O)CCCS(=O)(=O)c2ccccc2)sc2c1CCC2. The molecule has 1 aromatic heterocycles. The van der Waals surface area contributed by atoms with Gasteiger partial charge in [0, 0.05) is 11.3 Å². The van der Waals surface area contributed by atoms with Crippen molar-refractivity contribution in [2.75, 3.05) is 11.1 Å². The van der Waals surface area contributed by atoms with E-state index < -0.39 is 15.7 Å². The first kappa shape index (κ1) is 18.6. The molecule has 0 spiro atoms. The minimum absolute atomic E-state index is 0.0623. The molecule has 2 aromatic rings. The van der Waals surface area contributed by atoms with E-state index in [0.29, 0.717) is 10.6 Å². The van der Waals surface area contributed by atoms with Crippen LogP contribution in [0.15, 0.2) is 35.2 Å². The zero-order chi connectivity index (χ0) is 18.7. The molecule has 2 amide bonds. The van der Waals surface area contributed by atoms with Crippen molar-refractivity contribution in [2.45, 2.75) is 37.0 Å². The molecule has 0 saturated heterocycles. The van der Waals surface area contributed by atoms with Crippen molar-refractivity contribution in [1.29, 1.82) is 0 Å². The van der Waals surface area contributed by atoms with Crippen LogP contribution in [0, 0.1) is 0 Å². The minimum Gasteiger partial charge on any atom is -0.365 e. The van der Waals surface area contributed by atoms with E-state index in [1.165, 1.54) is 11.3 Å². The number of carbonyl (C=O) groups excluding carboxylic acids is 2. The van der Waals surface area contributed by atoms with Crippen molar-refractivity contribution >= 4 is 38.0 Å². The van der Waals surface area contributed by atoms with Gasteiger partial charge in [-0.1, -0.05) is 18.2 Å². The number of fused-ring (bicyclic) bond motifs is 1. The van der Waals surface area contributed by atoms with Crippen LogP contribution >= 0.6 is 11.3 Å². The standard InChI is InChI=1S/C18H20N2O4S2/c19-17(22)16-13-8-4-9-14(13)25-18(16)20-15(21)10-5-11-26(23,24)12-6-2-1-3-7-12/h1-3,6-7H,4-5,8-11H2,(H2,19,22)(H,20,21). The maximum Gasteiger partial charge on any atom is 0.251 e. The highest BCUT2D eigenvalue weighted by molar-refractivity contribution is 7.91. The van der Waals surface area contributed by atoms with Gasteiger partial charge in [0.05, 0.1) is 16.2 Å². The third-order valence-electron chi connectivity index (χ3n) is 4.34. The molecule has 0 atom stereocenters. The van der Waals surface area contributed by atoms with Crippen LogP contribution in [-0.2, 0) is 27.5 Å². The predicted octanol–water partition coefficient (Wildman–Crippen LogP) is 2.53. The lowest BCUT2D eigenvalue weighted by atomic mass is 10.1. The normalized spacial score (nSPS) is 13.4. The first-order valence-corrected chi connectivity index (χ1v) is 10.9. The summed E-state index contributed by atoms with van der Waals surface area (Å²) in [6, 6.07) is 8.17. The summed E-state index contributed by atoms with van der Waals surface area (Å²) < 4.78 is 24.4. The molecule has 8 heteroatoms. The van der Waals surface area contributed by atoms with Crippen LogP contribution in [0.25, 0.3) is 0 Å². The number of nitrogens with two attached hydrogens (primary N) is 1. The summed E-state index contributed by atoms with van der Waals surface area (Å²) in [7, 11) is -3.40. The Bertz CT molecular complexity index is 934. The van der Waals surface area contributed by atoms with E-state index in [1.807, 2.05) is 0 Å². The molecule has 0 bridgehead atoms. The van der Waals surface area contributed by atoms with Gasteiger partial charge in [-0.2, -0.15) is 0 Å². The topological polar surface area (TPSA) is 106 Å². The molecule has 0 aliphatic heterocycles. The molecule has 0 saturated carbocycles. The zero-order valence-corrected chi connectivity index (χ0v) is 15.8. The van der Waals surface area contributed by atoms with Crippen molar-refractivity contribution in [3.05, 3.63) is 46.3 Å². The van der Waals surface area contributed by atoms with Gasteiger partial charge in [0.1, 0.15) is 5.00 Å². The van der Waals surface area contributed by atoms with E-state index in [9.17, 15) is 18.0 Å². The molecule has 0 fully saturated rings. The van der Waals surface area contributed by atoms with Gasteiger partial charge in [-0.3, -0.25) is 9.59 Å². The average molecular weight is 393 g/mol. The summed E-state index contributed by atoms with van der Waals surface area (Å²) >= 11 is 1.39. The second-order valence-corrected chi connectivity index (χ2v) is 9.42. The number of carbonyl (C=O) groups is 2. The van der Waals surface area contributed by atoms with Crippen molar-refractivity contribution in [3.8, 4) is 0 Å². The summed E-state index contributed by atoms with van der Waals surface area (Å²) in [6.07, 6.45) is 2.96. The maximum absolute atomic E-state index is 12.2. The first-order chi connectivity index (χ1) is 12.4. The predicted molar refractivity (Wildman–Crippen MR) is 101 cm³/mol. The van der Waals surface area contributed by atoms with Gasteiger partial charge in [-0.05, 0) is 43.4 Å². The van der Waals surface area contributed by atoms with E-state index in [1.54, 1.807) is 30.3 Å². The van der Waals surface area contributed by atoms with Crippen LogP contribution in [0.4, 0.5) is 5.00 Å². The smallest absolute Gasteiger partial charge is 0.251 e. The number of anilines is 1. The van der Waals surface area contributed by atoms with Crippen LogP contribution in [0.1, 0.15) is 40.1 Å². The van der Waals surface area contributed by atoms with Crippen LogP contribution in [0.2, 0.25) is 0 Å². The molecule has 0 unspecified atom stereocenters. The molecule has 1 aliphatic carbocycles. The third-order valence-corrected chi connectivity index (χ3v) is 7.36. The lowest BCUT2D eigenvalue weighted by Crippen LogP contribution is -2.18. The molecule has 1 heterocycles. The fourth-order valence-corrected chi connectivity index (χ4v) is 5.75. The highest BCUT2D eigenvalue weighted by atomic mass is 32.2. The highest BCUT2D eigenvalue weighted by Crippen LogP contribution is 2.38. The summed E-state index contributed by atoms with van der Waals surface area (Å²) in [6.45, 7) is 0. The van der Waals surface area contributed by atoms with Crippen molar-refractivity contribution in [2.24, 2.45) is 5.73 Å². The van der Waals surface area contributed by atoms with E-state index in [0.717, 1.165) is 29.7 Å². The van der Waals surface area contributed by atoms with Crippen LogP contribution in [-0.4, -0.2) is 26.0 Å². The number of sulfone groups is 1. The molecular formula is C18H20N2O4S2. The average Bonchev–Trinajstić information content (AvgIpc) is 3.15. The lowest BCUT2D eigenvalue weighted by Gasteiger charge is -2.07. The molecular weight excluding hydrogens is 372 g/mol. The Balaban J connectivity index is 1.60. The van der Waals surface area contributed by atoms with Gasteiger partial charge in [0.25, 0.3) is 5.91 Å². The summed E-state index contributed by atoms with van der Waals surface area (Å²) in [5.74, 6) is -0.948. The molecule has 3 rings (SSSR count). The summed E-state index contributed by atoms with van der Waals surface area (Å²) in [5, 5.41) is 3.22. The van der Waals surface area contributed by atoms with Gasteiger partial charge in [-0.25, -0.2) is 8.42 Å². The lowest BCUT2D eigenvalue weighted by molar-refractivity contribution is -0.116. The zero-order valence-electron chi connectivity index (χ0n) is 14.2. The molecule has 0 radical (unpaired) electrons. The number of benzene rings is 1. The molecule has 3 N–H and O–H groups in total. The van der Waals surface area contributed by atoms with E-state index in [-0.39, 0.29) is 29.4 Å². The number of thiophene rings is 1. The molecule has 1 aliphatic rings. The number of hydrogen-bond acceptors (Lipinski definition) is 5. The van der Waals surface area contributed by atoms with Gasteiger partial charge < -0.3 is 11.1 Å². The quantitative estimate of drug-likeness (QED) is 0.755. The van der Waals surface area contributed by atoms with Gasteiger partial charge in [0.2, 0.25) is 5.91 Å². The van der Waals surface area contributed by atoms with Gasteiger partial charge in [-0.15, -0.1) is 11.3 Å². The maximum atomic E-state index is 12.2. The number of primary amides is 1. The van der Waals surface area contributed by atoms with Crippen LogP contribution in [0.5, 0.6) is 0 Å². The Labute approximate surface area is 156 Å². The van der Waals surface area contributed by atoms with Crippen LogP contribution < -0.4 is 11.1 Å². The number of amides is 2. The fourth-order valence-electron chi connectivity index (χ4n) is 3.11. The van der Waals surface area contributed by atoms with Crippen molar-refractivity contribution in [3.63, 3.8) is 0 Å². The first-order valence-electron chi connectivity index (χ1n) is 8.40. The molecule has 6 nitrogen and oxygen atoms in total. The number of rotatable bonds is 7. The second-order valence-electron chi connectivity index (χ2n) is 6.21. The highest BCUT2D eigenvalue weighted by Gasteiger charge is 2.26. The number of hydrogen-bond donors (Lipinski definition) is 2. The minimum atomic E-state index is -3.40. The van der Waals surface area contributed by atoms with E-state index >= 15 is 0 Å². The summed E-state index contributed by atoms with van der Waals surface area (Å²) in [4.78, 5) is 25.3. The fraction of sp³-hybridized carbons (Fsp3) is 0.333. The van der Waals surface area contributed by atoms with E-state index in [4.69, 9.17) is 5.73 Å². The monoisotopic (exact) mass is 392 g/mol. The Hall–Kier alpha value is -2.19. The number of aryl methyl sites for hydroxylation is 1. The Morgan fingerprint density at radius 2 is 1.88 bits per heavy atom. The van der Waals surface area contributed by atoms with Gasteiger partial charge in [0.15, 0.2) is 9.84 Å². The Morgan fingerprint density at radius 3 is 2.58 bits per heavy atom. The van der Waals surface area contributed by atoms with Crippen LogP contribution in [0.3, 0.4) is 0 Å². The van der Waals surface area contributed by atoms with Gasteiger partial charge >= 0.3 is 0 Å². The molecule has 26 heavy (non-hydrogen) atoms. The van der Waals surface area contributed by atoms with Crippen molar-refractivity contribution < 1.29 is 18.0 Å². The molecule has 1 aromatic carbocycles. The van der Waals surface area contributed by atoms with Crippen molar-refractivity contribution in [1.82, 2.24) is 0 Å². The number of nitrogens with one attached hydrogen (secondary N) is 1. The van der Waals surface area contributed by atoms with E-state index in [2.05, 4.69) is 5.32 Å². The Morgan fingerprint density at radius 1 is 1.15 bits per heavy atom. The summed E-state index contributed by atoms with van der Waals surface area (Å²) in [5.41, 5.74) is 6.83. The Kier molecular flexibility index (Phi) is 5.43. The third kappa shape index (κ3) is 3.96.